The minimum atomic E-state index is -0.259. The van der Waals surface area contributed by atoms with E-state index in [4.69, 9.17) is 9.47 Å². The van der Waals surface area contributed by atoms with Gasteiger partial charge in [-0.3, -0.25) is 4.99 Å². The van der Waals surface area contributed by atoms with Crippen LogP contribution in [0.4, 0.5) is 4.39 Å². The highest BCUT2D eigenvalue weighted by atomic mass is 19.1. The van der Waals surface area contributed by atoms with Crippen molar-refractivity contribution in [2.45, 2.75) is 12.8 Å². The SMILES string of the molecule is CN=C(NCCc1ccc(OC)c(OC)c1)NCCc1ccn(-c2ccc(F)cc2)n1. The van der Waals surface area contributed by atoms with E-state index in [-0.39, 0.29) is 5.82 Å². The second-order valence-electron chi connectivity index (χ2n) is 6.84. The molecule has 1 aromatic heterocycles. The number of aromatic nitrogens is 2. The van der Waals surface area contributed by atoms with Crippen LogP contribution in [0.2, 0.25) is 0 Å². The van der Waals surface area contributed by atoms with Crippen LogP contribution in [0.3, 0.4) is 0 Å². The van der Waals surface area contributed by atoms with Crippen molar-refractivity contribution in [2.24, 2.45) is 4.99 Å². The van der Waals surface area contributed by atoms with Crippen LogP contribution in [0.15, 0.2) is 59.7 Å². The standard InChI is InChI=1S/C23H28FN5O2/c1-25-23(26-13-10-17-4-9-21(30-2)22(16-17)31-3)27-14-11-19-12-15-29(28-19)20-7-5-18(24)6-8-20/h4-9,12,15-16H,10-11,13-14H2,1-3H3,(H2,25,26,27). The van der Waals surface area contributed by atoms with Gasteiger partial charge < -0.3 is 20.1 Å². The summed E-state index contributed by atoms with van der Waals surface area (Å²) in [5.41, 5.74) is 2.91. The Kier molecular flexibility index (Phi) is 7.86. The number of nitrogens with one attached hydrogen (secondary N) is 2. The summed E-state index contributed by atoms with van der Waals surface area (Å²) in [5, 5.41) is 11.1. The third kappa shape index (κ3) is 6.21. The van der Waals surface area contributed by atoms with E-state index in [0.717, 1.165) is 53.8 Å². The summed E-state index contributed by atoms with van der Waals surface area (Å²) in [6.07, 6.45) is 3.44. The topological polar surface area (TPSA) is 72.7 Å². The summed E-state index contributed by atoms with van der Waals surface area (Å²) in [5.74, 6) is 1.92. The van der Waals surface area contributed by atoms with Crippen molar-refractivity contribution in [1.29, 1.82) is 0 Å². The Hall–Kier alpha value is -3.55. The summed E-state index contributed by atoms with van der Waals surface area (Å²) in [7, 11) is 5.01. The van der Waals surface area contributed by atoms with E-state index in [1.54, 1.807) is 38.1 Å². The van der Waals surface area contributed by atoms with Crippen LogP contribution in [-0.4, -0.2) is 50.1 Å². The number of ether oxygens (including phenoxy) is 2. The maximum Gasteiger partial charge on any atom is 0.190 e. The first-order chi connectivity index (χ1) is 15.1. The summed E-state index contributed by atoms with van der Waals surface area (Å²) < 4.78 is 25.4. The molecule has 3 aromatic rings. The minimum absolute atomic E-state index is 0.259. The van der Waals surface area contributed by atoms with Crippen LogP contribution < -0.4 is 20.1 Å². The molecule has 0 aliphatic carbocycles. The highest BCUT2D eigenvalue weighted by molar-refractivity contribution is 5.79. The van der Waals surface area contributed by atoms with Crippen LogP contribution in [0.5, 0.6) is 11.5 Å². The fourth-order valence-corrected chi connectivity index (χ4v) is 3.12. The Morgan fingerprint density at radius 1 is 0.968 bits per heavy atom. The van der Waals surface area contributed by atoms with Crippen LogP contribution >= 0.6 is 0 Å². The first-order valence-corrected chi connectivity index (χ1v) is 10.1. The predicted octanol–water partition coefficient (Wildman–Crippen LogP) is 2.98. The molecule has 0 bridgehead atoms. The van der Waals surface area contributed by atoms with Crippen molar-refractivity contribution >= 4 is 5.96 Å². The maximum atomic E-state index is 13.1. The Morgan fingerprint density at radius 3 is 2.35 bits per heavy atom. The lowest BCUT2D eigenvalue weighted by Gasteiger charge is -2.12. The summed E-state index contributed by atoms with van der Waals surface area (Å²) in [4.78, 5) is 4.26. The van der Waals surface area contributed by atoms with E-state index < -0.39 is 0 Å². The summed E-state index contributed by atoms with van der Waals surface area (Å²) in [6.45, 7) is 1.42. The lowest BCUT2D eigenvalue weighted by atomic mass is 10.1. The van der Waals surface area contributed by atoms with Crippen LogP contribution in [0, 0.1) is 5.82 Å². The van der Waals surface area contributed by atoms with Gasteiger partial charge in [0, 0.05) is 32.8 Å². The molecule has 2 N–H and O–H groups in total. The van der Waals surface area contributed by atoms with Gasteiger partial charge in [0.05, 0.1) is 25.6 Å². The zero-order valence-corrected chi connectivity index (χ0v) is 18.1. The van der Waals surface area contributed by atoms with Crippen molar-refractivity contribution in [1.82, 2.24) is 20.4 Å². The third-order valence-corrected chi connectivity index (χ3v) is 4.79. The molecule has 1 heterocycles. The zero-order valence-electron chi connectivity index (χ0n) is 18.1. The summed E-state index contributed by atoms with van der Waals surface area (Å²) in [6, 6.07) is 14.1. The van der Waals surface area contributed by atoms with Gasteiger partial charge in [0.15, 0.2) is 17.5 Å². The van der Waals surface area contributed by atoms with Gasteiger partial charge in [0.1, 0.15) is 5.82 Å². The quantitative estimate of drug-likeness (QED) is 0.407. The van der Waals surface area contributed by atoms with Gasteiger partial charge in [-0.25, -0.2) is 9.07 Å². The molecule has 0 radical (unpaired) electrons. The van der Waals surface area contributed by atoms with Gasteiger partial charge in [0.25, 0.3) is 0 Å². The van der Waals surface area contributed by atoms with E-state index >= 15 is 0 Å². The van der Waals surface area contributed by atoms with E-state index in [0.29, 0.717) is 6.54 Å². The fraction of sp³-hybridized carbons (Fsp3) is 0.304. The van der Waals surface area contributed by atoms with Gasteiger partial charge >= 0.3 is 0 Å². The van der Waals surface area contributed by atoms with Crippen molar-refractivity contribution in [3.05, 3.63) is 71.8 Å². The molecule has 0 saturated heterocycles. The number of rotatable bonds is 9. The monoisotopic (exact) mass is 425 g/mol. The Labute approximate surface area is 181 Å². The van der Waals surface area contributed by atoms with Gasteiger partial charge in [-0.2, -0.15) is 5.10 Å². The second kappa shape index (κ2) is 11.0. The number of hydrogen-bond acceptors (Lipinski definition) is 4. The van der Waals surface area contributed by atoms with Gasteiger partial charge in [-0.05, 0) is 54.4 Å². The molecule has 0 atom stereocenters. The van der Waals surface area contributed by atoms with Crippen molar-refractivity contribution in [3.8, 4) is 17.2 Å². The smallest absolute Gasteiger partial charge is 0.190 e. The number of guanidine groups is 1. The molecular weight excluding hydrogens is 397 g/mol. The van der Waals surface area contributed by atoms with Crippen LogP contribution in [0.25, 0.3) is 5.69 Å². The first kappa shape index (κ1) is 22.1. The number of methoxy groups -OCH3 is 2. The highest BCUT2D eigenvalue weighted by Crippen LogP contribution is 2.27. The molecular formula is C23H28FN5O2. The first-order valence-electron chi connectivity index (χ1n) is 10.1. The average Bonchev–Trinajstić information content (AvgIpc) is 3.27. The van der Waals surface area contributed by atoms with Crippen molar-refractivity contribution in [2.75, 3.05) is 34.4 Å². The van der Waals surface area contributed by atoms with E-state index in [9.17, 15) is 4.39 Å². The normalized spacial score (nSPS) is 11.3. The molecule has 0 spiro atoms. The lowest BCUT2D eigenvalue weighted by molar-refractivity contribution is 0.354. The van der Waals surface area contributed by atoms with Gasteiger partial charge in [0.2, 0.25) is 0 Å². The molecule has 0 fully saturated rings. The number of hydrogen-bond donors (Lipinski definition) is 2. The number of nitrogens with zero attached hydrogens (tertiary/aromatic N) is 3. The van der Waals surface area contributed by atoms with Crippen molar-refractivity contribution < 1.29 is 13.9 Å². The number of benzene rings is 2. The number of halogens is 1. The van der Waals surface area contributed by atoms with E-state index in [1.807, 2.05) is 30.5 Å². The molecule has 164 valence electrons. The van der Waals surface area contributed by atoms with Gasteiger partial charge in [-0.15, -0.1) is 0 Å². The Morgan fingerprint density at radius 2 is 1.68 bits per heavy atom. The fourth-order valence-electron chi connectivity index (χ4n) is 3.12. The molecule has 31 heavy (non-hydrogen) atoms. The summed E-state index contributed by atoms with van der Waals surface area (Å²) >= 11 is 0. The zero-order chi connectivity index (χ0) is 22.1. The van der Waals surface area contributed by atoms with E-state index in [1.165, 1.54) is 12.1 Å². The second-order valence-corrected chi connectivity index (χ2v) is 6.84. The van der Waals surface area contributed by atoms with E-state index in [2.05, 4.69) is 20.7 Å². The molecule has 0 aliphatic heterocycles. The van der Waals surface area contributed by atoms with Crippen molar-refractivity contribution in [3.63, 3.8) is 0 Å². The Bertz CT molecular complexity index is 1000. The molecule has 0 aliphatic rings. The Balaban J connectivity index is 1.43. The van der Waals surface area contributed by atoms with Gasteiger partial charge in [-0.1, -0.05) is 6.07 Å². The van der Waals surface area contributed by atoms with Crippen LogP contribution in [0.1, 0.15) is 11.3 Å². The molecule has 8 heteroatoms. The molecule has 0 amide bonds. The third-order valence-electron chi connectivity index (χ3n) is 4.79. The lowest BCUT2D eigenvalue weighted by Crippen LogP contribution is -2.39. The largest absolute Gasteiger partial charge is 0.493 e. The molecule has 3 rings (SSSR count). The molecule has 0 saturated carbocycles. The predicted molar refractivity (Wildman–Crippen MR) is 120 cm³/mol. The molecule has 0 unspecified atom stereocenters. The molecule has 7 nitrogen and oxygen atoms in total. The molecule has 2 aromatic carbocycles. The van der Waals surface area contributed by atoms with Crippen LogP contribution in [-0.2, 0) is 12.8 Å². The number of aliphatic imine (C=N–C) groups is 1. The highest BCUT2D eigenvalue weighted by Gasteiger charge is 2.06. The maximum absolute atomic E-state index is 13.1. The average molecular weight is 426 g/mol. The minimum Gasteiger partial charge on any atom is -0.493 e.